The van der Waals surface area contributed by atoms with Gasteiger partial charge < -0.3 is 10.4 Å². The molecular formula is C17H20FNO. The highest BCUT2D eigenvalue weighted by Gasteiger charge is 2.16. The van der Waals surface area contributed by atoms with Crippen molar-refractivity contribution in [1.29, 1.82) is 0 Å². The predicted octanol–water partition coefficient (Wildman–Crippen LogP) is 3.60. The fraction of sp³-hybridized carbons (Fsp3) is 0.294. The maximum atomic E-state index is 13.8. The molecule has 106 valence electrons. The Labute approximate surface area is 119 Å². The van der Waals surface area contributed by atoms with Gasteiger partial charge in [-0.25, -0.2) is 4.39 Å². The van der Waals surface area contributed by atoms with Crippen LogP contribution in [0.2, 0.25) is 0 Å². The number of nitrogens with one attached hydrogen (secondary N) is 1. The number of rotatable bonds is 6. The van der Waals surface area contributed by atoms with E-state index < -0.39 is 0 Å². The molecule has 0 radical (unpaired) electrons. The van der Waals surface area contributed by atoms with Crippen molar-refractivity contribution < 1.29 is 9.50 Å². The molecule has 2 aromatic rings. The second-order valence-corrected chi connectivity index (χ2v) is 4.89. The summed E-state index contributed by atoms with van der Waals surface area (Å²) in [6.07, 6.45) is 0.600. The van der Waals surface area contributed by atoms with Crippen LogP contribution in [0, 0.1) is 5.82 Å². The van der Waals surface area contributed by atoms with E-state index in [2.05, 4.69) is 5.32 Å². The Bertz CT molecular complexity index is 530. The highest BCUT2D eigenvalue weighted by atomic mass is 19.1. The lowest BCUT2D eigenvalue weighted by Gasteiger charge is -2.24. The highest BCUT2D eigenvalue weighted by Crippen LogP contribution is 2.23. The van der Waals surface area contributed by atoms with Crippen molar-refractivity contribution in [2.75, 3.05) is 6.61 Å². The second-order valence-electron chi connectivity index (χ2n) is 4.89. The minimum Gasteiger partial charge on any atom is -0.396 e. The van der Waals surface area contributed by atoms with Gasteiger partial charge >= 0.3 is 0 Å². The molecule has 0 fully saturated rings. The normalized spacial score (nSPS) is 13.9. The van der Waals surface area contributed by atoms with Gasteiger partial charge in [-0.1, -0.05) is 48.5 Å². The summed E-state index contributed by atoms with van der Waals surface area (Å²) in [5.41, 5.74) is 1.75. The summed E-state index contributed by atoms with van der Waals surface area (Å²) in [6.45, 7) is 2.03. The van der Waals surface area contributed by atoms with E-state index in [1.54, 1.807) is 12.1 Å². The van der Waals surface area contributed by atoms with E-state index in [0.717, 1.165) is 5.56 Å². The van der Waals surface area contributed by atoms with E-state index in [1.165, 1.54) is 6.07 Å². The lowest BCUT2D eigenvalue weighted by atomic mass is 10.0. The smallest absolute Gasteiger partial charge is 0.127 e. The molecule has 2 aromatic carbocycles. The molecule has 2 atom stereocenters. The Balaban J connectivity index is 2.14. The molecule has 0 heterocycles. The Morgan fingerprint density at radius 3 is 2.35 bits per heavy atom. The Morgan fingerprint density at radius 2 is 1.70 bits per heavy atom. The van der Waals surface area contributed by atoms with Gasteiger partial charge in [0.1, 0.15) is 5.82 Å². The van der Waals surface area contributed by atoms with Crippen LogP contribution in [0.5, 0.6) is 0 Å². The van der Waals surface area contributed by atoms with Gasteiger partial charge in [0.2, 0.25) is 0 Å². The summed E-state index contributed by atoms with van der Waals surface area (Å²) in [6, 6.07) is 16.6. The van der Waals surface area contributed by atoms with Gasteiger partial charge in [-0.2, -0.15) is 0 Å². The van der Waals surface area contributed by atoms with Crippen molar-refractivity contribution in [2.45, 2.75) is 25.4 Å². The van der Waals surface area contributed by atoms with Gasteiger partial charge in [0.15, 0.2) is 0 Å². The Hall–Kier alpha value is -1.71. The third-order valence-corrected chi connectivity index (χ3v) is 3.44. The van der Waals surface area contributed by atoms with E-state index in [1.807, 2.05) is 43.3 Å². The van der Waals surface area contributed by atoms with E-state index in [-0.39, 0.29) is 24.5 Å². The molecule has 0 saturated heterocycles. The van der Waals surface area contributed by atoms with Crippen molar-refractivity contribution in [1.82, 2.24) is 5.32 Å². The molecule has 1 unspecified atom stereocenters. The zero-order chi connectivity index (χ0) is 14.4. The first-order valence-electron chi connectivity index (χ1n) is 6.88. The fourth-order valence-electron chi connectivity index (χ4n) is 2.38. The number of benzene rings is 2. The topological polar surface area (TPSA) is 32.3 Å². The van der Waals surface area contributed by atoms with Crippen molar-refractivity contribution in [3.05, 3.63) is 71.5 Å². The van der Waals surface area contributed by atoms with Crippen molar-refractivity contribution in [3.8, 4) is 0 Å². The lowest BCUT2D eigenvalue weighted by molar-refractivity contribution is 0.260. The highest BCUT2D eigenvalue weighted by molar-refractivity contribution is 5.23. The van der Waals surface area contributed by atoms with Crippen LogP contribution in [0.3, 0.4) is 0 Å². The van der Waals surface area contributed by atoms with Gasteiger partial charge in [0, 0.05) is 24.3 Å². The quantitative estimate of drug-likeness (QED) is 0.843. The first kappa shape index (κ1) is 14.7. The first-order valence-corrected chi connectivity index (χ1v) is 6.88. The van der Waals surface area contributed by atoms with Gasteiger partial charge in [0.25, 0.3) is 0 Å². The summed E-state index contributed by atoms with van der Waals surface area (Å²) in [4.78, 5) is 0. The van der Waals surface area contributed by atoms with Gasteiger partial charge in [-0.05, 0) is 25.0 Å². The van der Waals surface area contributed by atoms with Crippen LogP contribution in [0.4, 0.5) is 4.39 Å². The van der Waals surface area contributed by atoms with Gasteiger partial charge in [0.05, 0.1) is 0 Å². The number of aliphatic hydroxyl groups is 1. The molecule has 3 heteroatoms. The molecule has 2 N–H and O–H groups in total. The number of halogens is 1. The largest absolute Gasteiger partial charge is 0.396 e. The van der Waals surface area contributed by atoms with Gasteiger partial charge in [-0.3, -0.25) is 0 Å². The summed E-state index contributed by atoms with van der Waals surface area (Å²) in [7, 11) is 0. The Kier molecular flexibility index (Phi) is 5.27. The van der Waals surface area contributed by atoms with Crippen LogP contribution in [0.15, 0.2) is 54.6 Å². The van der Waals surface area contributed by atoms with E-state index in [4.69, 9.17) is 0 Å². The maximum Gasteiger partial charge on any atom is 0.127 e. The lowest BCUT2D eigenvalue weighted by Crippen LogP contribution is -2.26. The van der Waals surface area contributed by atoms with Crippen LogP contribution in [0.1, 0.15) is 36.6 Å². The molecule has 0 bridgehead atoms. The molecule has 20 heavy (non-hydrogen) atoms. The Morgan fingerprint density at radius 1 is 1.05 bits per heavy atom. The van der Waals surface area contributed by atoms with Crippen LogP contribution in [0.25, 0.3) is 0 Å². The number of aliphatic hydroxyl groups excluding tert-OH is 1. The molecule has 0 spiro atoms. The third kappa shape index (κ3) is 3.65. The fourth-order valence-corrected chi connectivity index (χ4v) is 2.38. The summed E-state index contributed by atoms with van der Waals surface area (Å²) in [5, 5.41) is 12.6. The number of hydrogen-bond donors (Lipinski definition) is 2. The van der Waals surface area contributed by atoms with E-state index in [0.29, 0.717) is 12.0 Å². The third-order valence-electron chi connectivity index (χ3n) is 3.44. The second kappa shape index (κ2) is 7.17. The van der Waals surface area contributed by atoms with Crippen molar-refractivity contribution in [2.24, 2.45) is 0 Å². The van der Waals surface area contributed by atoms with Crippen LogP contribution in [-0.4, -0.2) is 11.7 Å². The van der Waals surface area contributed by atoms with E-state index >= 15 is 0 Å². The monoisotopic (exact) mass is 273 g/mol. The summed E-state index contributed by atoms with van der Waals surface area (Å²) < 4.78 is 13.8. The van der Waals surface area contributed by atoms with Crippen LogP contribution in [-0.2, 0) is 0 Å². The average Bonchev–Trinajstić information content (AvgIpc) is 2.48. The molecule has 0 amide bonds. The van der Waals surface area contributed by atoms with E-state index in [9.17, 15) is 9.50 Å². The van der Waals surface area contributed by atoms with Crippen molar-refractivity contribution >= 4 is 0 Å². The maximum absolute atomic E-state index is 13.8. The van der Waals surface area contributed by atoms with Gasteiger partial charge in [-0.15, -0.1) is 0 Å². The molecule has 2 rings (SSSR count). The molecular weight excluding hydrogens is 253 g/mol. The van der Waals surface area contributed by atoms with Crippen molar-refractivity contribution in [3.63, 3.8) is 0 Å². The molecule has 0 aliphatic carbocycles. The minimum atomic E-state index is -0.205. The number of hydrogen-bond acceptors (Lipinski definition) is 2. The minimum absolute atomic E-state index is 0.0100. The van der Waals surface area contributed by atoms with Crippen LogP contribution >= 0.6 is 0 Å². The molecule has 0 aliphatic heterocycles. The zero-order valence-electron chi connectivity index (χ0n) is 11.6. The molecule has 0 saturated carbocycles. The molecule has 2 nitrogen and oxygen atoms in total. The zero-order valence-corrected chi connectivity index (χ0v) is 11.6. The summed E-state index contributed by atoms with van der Waals surface area (Å²) >= 11 is 0. The molecule has 0 aromatic heterocycles. The first-order chi connectivity index (χ1) is 9.72. The standard InChI is InChI=1S/C17H20FNO/c1-13(15-9-5-6-10-16(15)18)19-17(11-12-20)14-7-3-2-4-8-14/h2-10,13,17,19-20H,11-12H2,1H3/t13?,17-/m1/s1. The van der Waals surface area contributed by atoms with Crippen LogP contribution < -0.4 is 5.32 Å². The summed E-state index contributed by atoms with van der Waals surface area (Å²) in [5.74, 6) is -0.205. The average molecular weight is 273 g/mol. The molecule has 0 aliphatic rings. The predicted molar refractivity (Wildman–Crippen MR) is 78.8 cm³/mol. The SMILES string of the molecule is CC(N[C@H](CCO)c1ccccc1)c1ccccc1F.